The predicted octanol–water partition coefficient (Wildman–Crippen LogP) is 11.0. The van der Waals surface area contributed by atoms with Crippen LogP contribution in [-0.2, 0) is 32.7 Å². The Morgan fingerprint density at radius 1 is 0.566 bits per heavy atom. The molecule has 0 aliphatic heterocycles. The van der Waals surface area contributed by atoms with Crippen LogP contribution in [0.25, 0.3) is 0 Å². The molecule has 0 aromatic heterocycles. The van der Waals surface area contributed by atoms with Gasteiger partial charge >= 0.3 is 19.8 Å². The third-order valence-corrected chi connectivity index (χ3v) is 8.45. The number of hydrogen-bond donors (Lipinski definition) is 2. The van der Waals surface area contributed by atoms with Crippen molar-refractivity contribution in [3.8, 4) is 0 Å². The summed E-state index contributed by atoms with van der Waals surface area (Å²) in [6.07, 6.45) is 48.7. The first-order chi connectivity index (χ1) is 25.8. The van der Waals surface area contributed by atoms with Crippen molar-refractivity contribution in [3.05, 3.63) is 97.2 Å². The average molecular weight is 760 g/mol. The number of unbranched alkanes of at least 4 members (excludes halogenated alkanes) is 6. The first kappa shape index (κ1) is 49.9. The van der Waals surface area contributed by atoms with E-state index in [2.05, 4.69) is 111 Å². The van der Waals surface area contributed by atoms with Crippen LogP contribution >= 0.6 is 7.82 Å². The predicted molar refractivity (Wildman–Crippen MR) is 219 cm³/mol. The Hall–Kier alpha value is -3.07. The molecule has 2 atom stereocenters. The number of phosphoric ester groups is 1. The minimum absolute atomic E-state index is 0.0374. The third-order valence-electron chi connectivity index (χ3n) is 7.47. The maximum atomic E-state index is 12.5. The molecule has 0 spiro atoms. The van der Waals surface area contributed by atoms with E-state index in [9.17, 15) is 19.0 Å². The van der Waals surface area contributed by atoms with Crippen LogP contribution in [0.4, 0.5) is 0 Å². The van der Waals surface area contributed by atoms with Gasteiger partial charge in [0, 0.05) is 19.4 Å². The number of hydrogen-bond acceptors (Lipinski definition) is 8. The quantitative estimate of drug-likeness (QED) is 0.0280. The summed E-state index contributed by atoms with van der Waals surface area (Å²) in [5.41, 5.74) is 5.33. The van der Waals surface area contributed by atoms with Gasteiger partial charge in [-0.2, -0.15) is 0 Å². The molecule has 0 heterocycles. The lowest BCUT2D eigenvalue weighted by molar-refractivity contribution is -0.161. The number of ether oxygens (including phenoxy) is 2. The van der Waals surface area contributed by atoms with Gasteiger partial charge in [-0.15, -0.1) is 0 Å². The zero-order valence-corrected chi connectivity index (χ0v) is 33.6. The average Bonchev–Trinajstić information content (AvgIpc) is 3.14. The van der Waals surface area contributed by atoms with Gasteiger partial charge in [0.05, 0.1) is 13.2 Å². The van der Waals surface area contributed by atoms with Crippen LogP contribution in [0, 0.1) is 0 Å². The summed E-state index contributed by atoms with van der Waals surface area (Å²) in [5.74, 6) is -0.918. The van der Waals surface area contributed by atoms with Crippen LogP contribution < -0.4 is 5.73 Å². The van der Waals surface area contributed by atoms with Crippen LogP contribution in [0.3, 0.4) is 0 Å². The largest absolute Gasteiger partial charge is 0.472 e. The fourth-order valence-corrected chi connectivity index (χ4v) is 5.38. The lowest BCUT2D eigenvalue weighted by Crippen LogP contribution is -2.29. The standard InChI is InChI=1S/C43H70NO8P/c1-3-5-7-9-11-13-15-17-19-20-22-24-26-28-30-32-34-36-43(46)52-41(40-51-53(47,48)50-38-37-44)39-49-42(45)35-33-31-29-27-25-23-21-18-16-14-12-10-8-6-4-2/h5-8,11-14,17-19,21-22,24-25,27,41H,3-4,9-10,15-16,20,23,26,28-40,44H2,1-2H3,(H,47,48). The third kappa shape index (κ3) is 38.5. The second kappa shape index (κ2) is 38.6. The van der Waals surface area contributed by atoms with Crippen LogP contribution in [0.2, 0.25) is 0 Å². The van der Waals surface area contributed by atoms with E-state index in [0.29, 0.717) is 12.8 Å². The second-order valence-electron chi connectivity index (χ2n) is 12.4. The van der Waals surface area contributed by atoms with Gasteiger partial charge in [-0.05, 0) is 89.9 Å². The zero-order valence-electron chi connectivity index (χ0n) is 32.7. The van der Waals surface area contributed by atoms with Gasteiger partial charge in [-0.3, -0.25) is 18.6 Å². The fraction of sp³-hybridized carbons (Fsp3) is 0.581. The van der Waals surface area contributed by atoms with E-state index in [1.54, 1.807) is 0 Å². The molecular formula is C43H70NO8P. The Morgan fingerprint density at radius 2 is 0.981 bits per heavy atom. The number of phosphoric acid groups is 1. The zero-order chi connectivity index (χ0) is 38.9. The van der Waals surface area contributed by atoms with Gasteiger partial charge in [0.1, 0.15) is 6.61 Å². The Morgan fingerprint density at radius 3 is 1.47 bits per heavy atom. The number of carbonyl (C=O) groups is 2. The molecule has 0 radical (unpaired) electrons. The van der Waals surface area contributed by atoms with E-state index in [-0.39, 0.29) is 32.6 Å². The second-order valence-corrected chi connectivity index (χ2v) is 13.8. The highest BCUT2D eigenvalue weighted by molar-refractivity contribution is 7.47. The van der Waals surface area contributed by atoms with Crippen molar-refractivity contribution >= 4 is 19.8 Å². The van der Waals surface area contributed by atoms with E-state index in [1.807, 2.05) is 0 Å². The van der Waals surface area contributed by atoms with Crippen LogP contribution in [0.1, 0.15) is 129 Å². The van der Waals surface area contributed by atoms with Crippen molar-refractivity contribution in [2.45, 2.75) is 136 Å². The highest BCUT2D eigenvalue weighted by atomic mass is 31.2. The highest BCUT2D eigenvalue weighted by Crippen LogP contribution is 2.43. The molecule has 300 valence electrons. The van der Waals surface area contributed by atoms with Crippen LogP contribution in [0.15, 0.2) is 97.2 Å². The molecule has 0 rings (SSSR count). The van der Waals surface area contributed by atoms with Gasteiger partial charge in [0.15, 0.2) is 6.10 Å². The molecule has 10 heteroatoms. The number of allylic oxidation sites excluding steroid dienone is 16. The molecular weight excluding hydrogens is 689 g/mol. The summed E-state index contributed by atoms with van der Waals surface area (Å²) < 4.78 is 32.6. The number of esters is 2. The molecule has 9 nitrogen and oxygen atoms in total. The molecule has 0 fully saturated rings. The number of nitrogens with two attached hydrogens (primary N) is 1. The lowest BCUT2D eigenvalue weighted by atomic mass is 10.1. The van der Waals surface area contributed by atoms with E-state index >= 15 is 0 Å². The van der Waals surface area contributed by atoms with E-state index in [1.165, 1.54) is 0 Å². The molecule has 0 saturated heterocycles. The smallest absolute Gasteiger partial charge is 0.462 e. The van der Waals surface area contributed by atoms with Crippen LogP contribution in [-0.4, -0.2) is 49.3 Å². The summed E-state index contributed by atoms with van der Waals surface area (Å²) >= 11 is 0. The molecule has 0 saturated carbocycles. The van der Waals surface area contributed by atoms with Gasteiger partial charge in [0.25, 0.3) is 0 Å². The van der Waals surface area contributed by atoms with Crippen molar-refractivity contribution in [1.29, 1.82) is 0 Å². The Balaban J connectivity index is 4.35. The highest BCUT2D eigenvalue weighted by Gasteiger charge is 2.25. The normalized spacial score (nSPS) is 14.4. The molecule has 0 aliphatic carbocycles. The number of carbonyl (C=O) groups excluding carboxylic acids is 2. The molecule has 0 bridgehead atoms. The van der Waals surface area contributed by atoms with E-state index < -0.39 is 32.5 Å². The lowest BCUT2D eigenvalue weighted by Gasteiger charge is -2.19. The van der Waals surface area contributed by atoms with Crippen LogP contribution in [0.5, 0.6) is 0 Å². The van der Waals surface area contributed by atoms with Gasteiger partial charge < -0.3 is 20.1 Å². The number of rotatable bonds is 35. The van der Waals surface area contributed by atoms with Crippen molar-refractivity contribution in [2.24, 2.45) is 5.73 Å². The molecule has 0 aromatic rings. The van der Waals surface area contributed by atoms with Crippen molar-refractivity contribution < 1.29 is 37.6 Å². The molecule has 2 unspecified atom stereocenters. The van der Waals surface area contributed by atoms with Crippen molar-refractivity contribution in [3.63, 3.8) is 0 Å². The van der Waals surface area contributed by atoms with E-state index in [0.717, 1.165) is 89.9 Å². The summed E-state index contributed by atoms with van der Waals surface area (Å²) in [5, 5.41) is 0. The molecule has 0 amide bonds. The first-order valence-electron chi connectivity index (χ1n) is 19.7. The van der Waals surface area contributed by atoms with Gasteiger partial charge in [0.2, 0.25) is 0 Å². The van der Waals surface area contributed by atoms with Gasteiger partial charge in [-0.25, -0.2) is 4.57 Å². The summed E-state index contributed by atoms with van der Waals surface area (Å²) in [4.78, 5) is 34.8. The fourth-order valence-electron chi connectivity index (χ4n) is 4.61. The maximum absolute atomic E-state index is 12.5. The van der Waals surface area contributed by atoms with E-state index in [4.69, 9.17) is 24.3 Å². The Labute approximate surface area is 321 Å². The minimum atomic E-state index is -4.40. The van der Waals surface area contributed by atoms with Gasteiger partial charge in [-0.1, -0.05) is 124 Å². The molecule has 0 aliphatic rings. The molecule has 0 aromatic carbocycles. The Bertz CT molecular complexity index is 1180. The minimum Gasteiger partial charge on any atom is -0.462 e. The summed E-state index contributed by atoms with van der Waals surface area (Å²) in [7, 11) is -4.40. The van der Waals surface area contributed by atoms with Crippen molar-refractivity contribution in [2.75, 3.05) is 26.4 Å². The molecule has 53 heavy (non-hydrogen) atoms. The molecule has 3 N–H and O–H groups in total. The monoisotopic (exact) mass is 759 g/mol. The van der Waals surface area contributed by atoms with Crippen molar-refractivity contribution in [1.82, 2.24) is 0 Å². The SMILES string of the molecule is CCC=CCC=CCC=CCC=CCCCCCCC(=O)OC(COC(=O)CCCCC=CCC=CCC=CCC=CCC)COP(=O)(O)OCCN. The summed E-state index contributed by atoms with van der Waals surface area (Å²) in [6.45, 7) is 3.39. The maximum Gasteiger partial charge on any atom is 0.472 e. The Kier molecular flexibility index (Phi) is 36.4. The first-order valence-corrected chi connectivity index (χ1v) is 21.2. The topological polar surface area (TPSA) is 134 Å². The summed E-state index contributed by atoms with van der Waals surface area (Å²) in [6, 6.07) is 0.